The summed E-state index contributed by atoms with van der Waals surface area (Å²) >= 11 is 0. The highest BCUT2D eigenvalue weighted by molar-refractivity contribution is 6.14. The number of aromatic carboxylic acids is 1. The Morgan fingerprint density at radius 2 is 1.80 bits per heavy atom. The molecule has 1 atom stereocenters. The number of ketones is 1. The maximum atomic E-state index is 12.6. The molecule has 4 rings (SSSR count). The molecule has 9 heteroatoms. The van der Waals surface area contributed by atoms with E-state index in [1.54, 1.807) is 6.92 Å². The van der Waals surface area contributed by atoms with E-state index in [9.17, 15) is 24.9 Å². The van der Waals surface area contributed by atoms with E-state index in [0.29, 0.717) is 5.69 Å². The van der Waals surface area contributed by atoms with E-state index in [4.69, 9.17) is 9.84 Å². The van der Waals surface area contributed by atoms with E-state index >= 15 is 0 Å². The van der Waals surface area contributed by atoms with Crippen molar-refractivity contribution < 1.29 is 34.8 Å². The quantitative estimate of drug-likeness (QED) is 0.468. The molecule has 0 saturated carbocycles. The van der Waals surface area contributed by atoms with E-state index in [-0.39, 0.29) is 51.3 Å². The molecule has 0 spiro atoms. The summed E-state index contributed by atoms with van der Waals surface area (Å²) in [7, 11) is 0. The van der Waals surface area contributed by atoms with Crippen molar-refractivity contribution in [2.45, 2.75) is 19.4 Å². The van der Waals surface area contributed by atoms with Gasteiger partial charge in [-0.2, -0.15) is 5.11 Å². The monoisotopic (exact) mass is 408 g/mol. The fourth-order valence-corrected chi connectivity index (χ4v) is 3.38. The van der Waals surface area contributed by atoms with Crippen molar-refractivity contribution in [1.29, 1.82) is 0 Å². The van der Waals surface area contributed by atoms with Crippen molar-refractivity contribution in [2.24, 2.45) is 10.2 Å². The van der Waals surface area contributed by atoms with Crippen molar-refractivity contribution in [3.63, 3.8) is 0 Å². The van der Waals surface area contributed by atoms with Crippen molar-refractivity contribution in [3.8, 4) is 23.0 Å². The molecule has 3 aromatic rings. The molecule has 0 aromatic heterocycles. The summed E-state index contributed by atoms with van der Waals surface area (Å²) in [6.45, 7) is 1.69. The van der Waals surface area contributed by atoms with E-state index in [2.05, 4.69) is 10.2 Å². The van der Waals surface area contributed by atoms with Gasteiger partial charge in [0.2, 0.25) is 0 Å². The fraction of sp³-hybridized carbons (Fsp3) is 0.143. The predicted molar refractivity (Wildman–Crippen MR) is 106 cm³/mol. The number of nitrogens with zero attached hydrogens (tertiary/aromatic N) is 2. The average Bonchev–Trinajstić information content (AvgIpc) is 2.66. The second-order valence-corrected chi connectivity index (χ2v) is 6.90. The van der Waals surface area contributed by atoms with Crippen LogP contribution in [0.4, 0.5) is 11.4 Å². The molecule has 1 unspecified atom stereocenters. The maximum Gasteiger partial charge on any atom is 0.335 e. The van der Waals surface area contributed by atoms with E-state index in [1.165, 1.54) is 30.3 Å². The number of Topliss-reactive ketones (excluding diaryl/α,β-unsaturated/α-hetero) is 1. The molecule has 0 aliphatic carbocycles. The van der Waals surface area contributed by atoms with Crippen molar-refractivity contribution in [2.75, 3.05) is 0 Å². The number of phenolic OH excluding ortho intramolecular Hbond substituents is 3. The van der Waals surface area contributed by atoms with Crippen LogP contribution in [0.15, 0.2) is 46.6 Å². The Kier molecular flexibility index (Phi) is 4.50. The van der Waals surface area contributed by atoms with Gasteiger partial charge in [0.15, 0.2) is 11.5 Å². The molecule has 0 bridgehead atoms. The lowest BCUT2D eigenvalue weighted by atomic mass is 9.94. The minimum Gasteiger partial charge on any atom is -0.508 e. The molecule has 30 heavy (non-hydrogen) atoms. The second-order valence-electron chi connectivity index (χ2n) is 6.90. The molecule has 9 nitrogen and oxygen atoms in total. The summed E-state index contributed by atoms with van der Waals surface area (Å²) in [4.78, 5) is 23.5. The number of fused-ring (bicyclic) bond motifs is 2. The first-order valence-electron chi connectivity index (χ1n) is 8.95. The molecule has 1 aliphatic heterocycles. The van der Waals surface area contributed by atoms with Crippen LogP contribution in [-0.4, -0.2) is 38.3 Å². The number of carbonyl (C=O) groups excluding carboxylic acids is 1. The summed E-state index contributed by atoms with van der Waals surface area (Å²) in [5, 5.41) is 48.1. The van der Waals surface area contributed by atoms with E-state index in [1.807, 2.05) is 0 Å². The fourth-order valence-electron chi connectivity index (χ4n) is 3.38. The Hall–Kier alpha value is -4.14. The zero-order chi connectivity index (χ0) is 21.6. The number of hydrogen-bond donors (Lipinski definition) is 4. The average molecular weight is 408 g/mol. The van der Waals surface area contributed by atoms with Crippen molar-refractivity contribution in [3.05, 3.63) is 47.5 Å². The first kappa shape index (κ1) is 19.2. The third kappa shape index (κ3) is 3.16. The number of aromatic hydroxyl groups is 3. The zero-order valence-corrected chi connectivity index (χ0v) is 15.7. The molecule has 0 saturated heterocycles. The lowest BCUT2D eigenvalue weighted by Crippen LogP contribution is -2.24. The Balaban J connectivity index is 1.95. The first-order chi connectivity index (χ1) is 14.3. The highest BCUT2D eigenvalue weighted by Crippen LogP contribution is 2.51. The summed E-state index contributed by atoms with van der Waals surface area (Å²) < 4.78 is 5.77. The molecule has 1 aliphatic rings. The Morgan fingerprint density at radius 1 is 1.10 bits per heavy atom. The van der Waals surface area contributed by atoms with Crippen LogP contribution in [0.2, 0.25) is 0 Å². The topological polar surface area (TPSA) is 149 Å². The van der Waals surface area contributed by atoms with Gasteiger partial charge in [-0.3, -0.25) is 4.79 Å². The largest absolute Gasteiger partial charge is 0.508 e. The predicted octanol–water partition coefficient (Wildman–Crippen LogP) is 4.42. The number of azo groups is 1. The molecule has 1 heterocycles. The smallest absolute Gasteiger partial charge is 0.335 e. The summed E-state index contributed by atoms with van der Waals surface area (Å²) in [6, 6.07) is 7.93. The zero-order valence-electron chi connectivity index (χ0n) is 15.7. The molecular formula is C21H16N2O7. The SMILES string of the molecule is CC1CC(=O)c2c(c(N=Nc3ccc(C(=O)O)cc3)c3cc(O)cc(O)c3c2O)O1. The van der Waals surface area contributed by atoms with Gasteiger partial charge in [0.05, 0.1) is 16.6 Å². The molecule has 4 N–H and O–H groups in total. The first-order valence-corrected chi connectivity index (χ1v) is 8.95. The number of phenols is 3. The number of carboxylic acids is 1. The van der Waals surface area contributed by atoms with Gasteiger partial charge in [0.25, 0.3) is 0 Å². The normalized spacial score (nSPS) is 15.9. The van der Waals surface area contributed by atoms with Crippen molar-refractivity contribution >= 4 is 33.9 Å². The number of rotatable bonds is 3. The van der Waals surface area contributed by atoms with Gasteiger partial charge in [-0.1, -0.05) is 0 Å². The Morgan fingerprint density at radius 3 is 2.47 bits per heavy atom. The van der Waals surface area contributed by atoms with Crippen molar-refractivity contribution in [1.82, 2.24) is 0 Å². The standard InChI is InChI=1S/C21H16N2O7/c1-9-6-14(25)17-19(27)16-13(7-12(24)8-15(16)26)18(20(17)30-9)23-22-11-4-2-10(3-5-11)21(28)29/h2-5,7-9,24,26-27H,6H2,1H3,(H,28,29). The summed E-state index contributed by atoms with van der Waals surface area (Å²) in [5.74, 6) is -2.63. The van der Waals surface area contributed by atoms with Crippen LogP contribution in [0.5, 0.6) is 23.0 Å². The van der Waals surface area contributed by atoms with Crippen LogP contribution in [0.25, 0.3) is 10.8 Å². The summed E-state index contributed by atoms with van der Waals surface area (Å²) in [6.07, 6.45) is -0.436. The minimum absolute atomic E-state index is 0.000318. The van der Waals surface area contributed by atoms with Gasteiger partial charge >= 0.3 is 5.97 Å². The van der Waals surface area contributed by atoms with Crippen LogP contribution in [0, 0.1) is 0 Å². The number of ether oxygens (including phenoxy) is 1. The molecule has 3 aromatic carbocycles. The summed E-state index contributed by atoms with van der Waals surface area (Å²) in [5.41, 5.74) is 0.344. The number of carbonyl (C=O) groups is 2. The lowest BCUT2D eigenvalue weighted by Gasteiger charge is -2.25. The second kappa shape index (κ2) is 7.03. The van der Waals surface area contributed by atoms with Gasteiger partial charge in [-0.25, -0.2) is 4.79 Å². The van der Waals surface area contributed by atoms with Crippen LogP contribution in [0.3, 0.4) is 0 Å². The third-order valence-electron chi connectivity index (χ3n) is 4.72. The van der Waals surface area contributed by atoms with Crippen LogP contribution in [0.1, 0.15) is 34.1 Å². The van der Waals surface area contributed by atoms with Crippen LogP contribution < -0.4 is 4.74 Å². The van der Waals surface area contributed by atoms with Gasteiger partial charge in [0, 0.05) is 17.9 Å². The molecule has 0 fully saturated rings. The number of carboxylic acid groups (broad SMARTS) is 1. The molecule has 0 radical (unpaired) electrons. The number of benzene rings is 3. The van der Waals surface area contributed by atoms with Gasteiger partial charge in [0.1, 0.15) is 34.6 Å². The molecular weight excluding hydrogens is 392 g/mol. The van der Waals surface area contributed by atoms with Crippen LogP contribution in [-0.2, 0) is 0 Å². The Labute approximate surface area is 169 Å². The highest BCUT2D eigenvalue weighted by Gasteiger charge is 2.33. The highest BCUT2D eigenvalue weighted by atomic mass is 16.5. The third-order valence-corrected chi connectivity index (χ3v) is 4.72. The maximum absolute atomic E-state index is 12.6. The van der Waals surface area contributed by atoms with Crippen LogP contribution >= 0.6 is 0 Å². The molecule has 0 amide bonds. The van der Waals surface area contributed by atoms with E-state index < -0.39 is 23.6 Å². The van der Waals surface area contributed by atoms with Gasteiger partial charge < -0.3 is 25.2 Å². The minimum atomic E-state index is -1.08. The van der Waals surface area contributed by atoms with E-state index in [0.717, 1.165) is 6.07 Å². The molecule has 152 valence electrons. The Bertz CT molecular complexity index is 1230. The van der Waals surface area contributed by atoms with Gasteiger partial charge in [-0.15, -0.1) is 5.11 Å². The number of hydrogen-bond acceptors (Lipinski definition) is 8. The van der Waals surface area contributed by atoms with Gasteiger partial charge in [-0.05, 0) is 37.3 Å². The lowest BCUT2D eigenvalue weighted by molar-refractivity contribution is 0.0696.